The van der Waals surface area contributed by atoms with Crippen molar-refractivity contribution < 1.29 is 4.21 Å². The lowest BCUT2D eigenvalue weighted by molar-refractivity contribution is 0.361. The number of nitrogens with zero attached hydrogens (tertiary/aromatic N) is 1. The molecule has 1 saturated carbocycles. The van der Waals surface area contributed by atoms with Crippen molar-refractivity contribution in [1.82, 2.24) is 5.32 Å². The summed E-state index contributed by atoms with van der Waals surface area (Å²) in [5.74, 6) is 0.480. The van der Waals surface area contributed by atoms with E-state index >= 15 is 0 Å². The number of nitrogens with one attached hydrogen (secondary N) is 1. The molecule has 4 nitrogen and oxygen atoms in total. The maximum absolute atomic E-state index is 11.6. The van der Waals surface area contributed by atoms with Gasteiger partial charge in [0.15, 0.2) is 5.96 Å². The molecule has 0 bridgehead atoms. The van der Waals surface area contributed by atoms with Crippen LogP contribution in [0.5, 0.6) is 0 Å². The second kappa shape index (κ2) is 5.49. The van der Waals surface area contributed by atoms with E-state index in [2.05, 4.69) is 17.2 Å². The van der Waals surface area contributed by atoms with Crippen LogP contribution < -0.4 is 11.1 Å². The van der Waals surface area contributed by atoms with Gasteiger partial charge in [0, 0.05) is 23.6 Å². The van der Waals surface area contributed by atoms with Crippen LogP contribution >= 0.6 is 0 Å². The average Bonchev–Trinajstić information content (AvgIpc) is 2.12. The van der Waals surface area contributed by atoms with Crippen LogP contribution in [0.2, 0.25) is 0 Å². The second-order valence-electron chi connectivity index (χ2n) is 4.12. The van der Waals surface area contributed by atoms with Crippen LogP contribution in [0.4, 0.5) is 0 Å². The van der Waals surface area contributed by atoms with Crippen LogP contribution in [0, 0.1) is 0 Å². The van der Waals surface area contributed by atoms with E-state index in [1.54, 1.807) is 6.26 Å². The molecule has 1 aliphatic rings. The minimum absolute atomic E-state index is 0.0848. The zero-order valence-corrected chi connectivity index (χ0v) is 10.4. The minimum Gasteiger partial charge on any atom is -0.370 e. The summed E-state index contributed by atoms with van der Waals surface area (Å²) in [6.45, 7) is 3.52. The van der Waals surface area contributed by atoms with Gasteiger partial charge in [0.05, 0.1) is 11.3 Å². The van der Waals surface area contributed by atoms with Crippen molar-refractivity contribution in [1.29, 1.82) is 0 Å². The Bertz CT molecular complexity index is 261. The highest BCUT2D eigenvalue weighted by Crippen LogP contribution is 2.37. The molecule has 0 radical (unpaired) electrons. The Kier molecular flexibility index (Phi) is 4.57. The van der Waals surface area contributed by atoms with E-state index in [0.29, 0.717) is 12.5 Å². The summed E-state index contributed by atoms with van der Waals surface area (Å²) >= 11 is 0. The monoisotopic (exact) mass is 231 g/mol. The average molecular weight is 231 g/mol. The molecule has 1 atom stereocenters. The molecule has 0 aromatic carbocycles. The first kappa shape index (κ1) is 12.5. The van der Waals surface area contributed by atoms with E-state index in [-0.39, 0.29) is 4.75 Å². The zero-order valence-electron chi connectivity index (χ0n) is 9.58. The fourth-order valence-corrected chi connectivity index (χ4v) is 2.76. The Hall–Kier alpha value is -0.580. The fraction of sp³-hybridized carbons (Fsp3) is 0.900. The Morgan fingerprint density at radius 2 is 2.27 bits per heavy atom. The Balaban J connectivity index is 2.43. The lowest BCUT2D eigenvalue weighted by Gasteiger charge is -2.38. The third kappa shape index (κ3) is 3.19. The van der Waals surface area contributed by atoms with Gasteiger partial charge in [0.2, 0.25) is 0 Å². The van der Waals surface area contributed by atoms with Crippen LogP contribution in [-0.2, 0) is 10.8 Å². The number of nitrogens with two attached hydrogens (primary N) is 1. The summed E-state index contributed by atoms with van der Waals surface area (Å²) in [4.78, 5) is 4.27. The van der Waals surface area contributed by atoms with Crippen molar-refractivity contribution in [3.8, 4) is 0 Å². The van der Waals surface area contributed by atoms with Crippen LogP contribution in [0.25, 0.3) is 0 Å². The van der Waals surface area contributed by atoms with E-state index in [9.17, 15) is 4.21 Å². The molecule has 0 amide bonds. The summed E-state index contributed by atoms with van der Waals surface area (Å²) in [6, 6.07) is 0. The number of rotatable bonds is 5. The molecular formula is C10H21N3OS. The van der Waals surface area contributed by atoms with Crippen molar-refractivity contribution in [3.63, 3.8) is 0 Å². The van der Waals surface area contributed by atoms with E-state index in [1.165, 1.54) is 0 Å². The normalized spacial score (nSPS) is 21.9. The number of hydrogen-bond donors (Lipinski definition) is 2. The Labute approximate surface area is 94.2 Å². The highest BCUT2D eigenvalue weighted by molar-refractivity contribution is 7.85. The van der Waals surface area contributed by atoms with Gasteiger partial charge in [-0.15, -0.1) is 0 Å². The quantitative estimate of drug-likeness (QED) is 0.538. The standard InChI is InChI=1S/C10H21N3OS/c1-3-7-12-9(11)13-8-10(15(2)14)5-4-6-10/h3-8H2,1-2H3,(H3,11,12,13). The molecule has 1 rings (SSSR count). The molecule has 3 N–H and O–H groups in total. The van der Waals surface area contributed by atoms with Crippen LogP contribution in [0.3, 0.4) is 0 Å². The highest BCUT2D eigenvalue weighted by atomic mass is 32.2. The predicted molar refractivity (Wildman–Crippen MR) is 65.4 cm³/mol. The lowest BCUT2D eigenvalue weighted by Crippen LogP contribution is -2.45. The Morgan fingerprint density at radius 3 is 2.67 bits per heavy atom. The van der Waals surface area contributed by atoms with Gasteiger partial charge in [0.25, 0.3) is 0 Å². The third-order valence-corrected chi connectivity index (χ3v) is 4.73. The van der Waals surface area contributed by atoms with E-state index < -0.39 is 10.8 Å². The van der Waals surface area contributed by atoms with Gasteiger partial charge in [-0.05, 0) is 19.3 Å². The maximum Gasteiger partial charge on any atom is 0.188 e. The van der Waals surface area contributed by atoms with Crippen molar-refractivity contribution in [2.24, 2.45) is 10.7 Å². The first-order chi connectivity index (χ1) is 7.10. The number of guanidine groups is 1. The fourth-order valence-electron chi connectivity index (χ4n) is 1.65. The molecule has 0 aliphatic heterocycles. The summed E-state index contributed by atoms with van der Waals surface area (Å²) < 4.78 is 11.5. The molecule has 5 heteroatoms. The van der Waals surface area contributed by atoms with Crippen molar-refractivity contribution in [2.75, 3.05) is 19.3 Å². The summed E-state index contributed by atoms with van der Waals surface area (Å²) in [5, 5.41) is 3.02. The van der Waals surface area contributed by atoms with Gasteiger partial charge in [0.1, 0.15) is 0 Å². The first-order valence-corrected chi connectivity index (χ1v) is 7.04. The lowest BCUT2D eigenvalue weighted by atomic mass is 9.84. The maximum atomic E-state index is 11.6. The van der Waals surface area contributed by atoms with Gasteiger partial charge < -0.3 is 11.1 Å². The smallest absolute Gasteiger partial charge is 0.188 e. The minimum atomic E-state index is -0.795. The molecule has 0 spiro atoms. The van der Waals surface area contributed by atoms with Gasteiger partial charge in [-0.1, -0.05) is 13.3 Å². The molecule has 15 heavy (non-hydrogen) atoms. The molecule has 1 unspecified atom stereocenters. The molecule has 0 aromatic rings. The molecule has 88 valence electrons. The SMILES string of the molecule is CCCNC(N)=NCC1(S(C)=O)CCC1. The number of hydrogen-bond acceptors (Lipinski definition) is 2. The van der Waals surface area contributed by atoms with Crippen molar-refractivity contribution >= 4 is 16.8 Å². The van der Waals surface area contributed by atoms with Crippen LogP contribution in [0.1, 0.15) is 32.6 Å². The second-order valence-corrected chi connectivity index (χ2v) is 5.89. The van der Waals surface area contributed by atoms with E-state index in [4.69, 9.17) is 5.73 Å². The zero-order chi connectivity index (χ0) is 11.3. The molecule has 0 aromatic heterocycles. The summed E-state index contributed by atoms with van der Waals surface area (Å²) in [6.07, 6.45) is 5.99. The largest absolute Gasteiger partial charge is 0.370 e. The molecule has 0 saturated heterocycles. The van der Waals surface area contributed by atoms with E-state index in [1.807, 2.05) is 0 Å². The van der Waals surface area contributed by atoms with Crippen molar-refractivity contribution in [2.45, 2.75) is 37.4 Å². The first-order valence-electron chi connectivity index (χ1n) is 5.48. The van der Waals surface area contributed by atoms with Gasteiger partial charge in [-0.3, -0.25) is 9.20 Å². The van der Waals surface area contributed by atoms with Gasteiger partial charge >= 0.3 is 0 Å². The van der Waals surface area contributed by atoms with Crippen LogP contribution in [0.15, 0.2) is 4.99 Å². The van der Waals surface area contributed by atoms with Gasteiger partial charge in [-0.2, -0.15) is 0 Å². The number of aliphatic imine (C=N–C) groups is 1. The van der Waals surface area contributed by atoms with Gasteiger partial charge in [-0.25, -0.2) is 0 Å². The molecule has 1 aliphatic carbocycles. The summed E-state index contributed by atoms with van der Waals surface area (Å²) in [7, 11) is -0.795. The predicted octanol–water partition coefficient (Wildman–Crippen LogP) is 0.602. The van der Waals surface area contributed by atoms with Crippen LogP contribution in [-0.4, -0.2) is 34.3 Å². The third-order valence-electron chi connectivity index (χ3n) is 2.97. The summed E-state index contributed by atoms with van der Waals surface area (Å²) in [5.41, 5.74) is 5.69. The topological polar surface area (TPSA) is 67.5 Å². The molecule has 1 fully saturated rings. The molecular weight excluding hydrogens is 210 g/mol. The Morgan fingerprint density at radius 1 is 1.60 bits per heavy atom. The van der Waals surface area contributed by atoms with Crippen molar-refractivity contribution in [3.05, 3.63) is 0 Å². The molecule has 0 heterocycles. The highest BCUT2D eigenvalue weighted by Gasteiger charge is 2.40. The van der Waals surface area contributed by atoms with E-state index in [0.717, 1.165) is 32.2 Å².